The minimum absolute atomic E-state index is 0. The molecule has 0 aromatic heterocycles. The Morgan fingerprint density at radius 1 is 1.28 bits per heavy atom. The molecule has 158 valence electrons. The average Bonchev–Trinajstić information content (AvgIpc) is 2.68. The standard InChI is InChI=1S/C20H23ClN2O5.ClH/c1-19(2,22)16(18(26)28-3)23-17(25)15-9-7-14(8-10-15)6-4-5-11-20(27,12-21)13-24;/h7-10,16,24,27H,12-13,22H2,1-3H3,(H,23,25);1H. The molecule has 0 aliphatic heterocycles. The van der Waals surface area contributed by atoms with Crippen LogP contribution in [-0.4, -0.2) is 58.9 Å². The van der Waals surface area contributed by atoms with Crippen LogP contribution in [0.4, 0.5) is 0 Å². The van der Waals surface area contributed by atoms with E-state index in [2.05, 4.69) is 33.7 Å². The summed E-state index contributed by atoms with van der Waals surface area (Å²) in [6.45, 7) is 2.62. The van der Waals surface area contributed by atoms with E-state index in [1.165, 1.54) is 19.2 Å². The van der Waals surface area contributed by atoms with Crippen LogP contribution in [0, 0.1) is 23.7 Å². The zero-order valence-electron chi connectivity index (χ0n) is 16.3. The number of methoxy groups -OCH3 is 1. The summed E-state index contributed by atoms with van der Waals surface area (Å²) in [5, 5.41) is 21.3. The number of ether oxygens (including phenoxy) is 1. The second-order valence-corrected chi connectivity index (χ2v) is 6.92. The van der Waals surface area contributed by atoms with Gasteiger partial charge in [0.15, 0.2) is 5.60 Å². The molecule has 0 radical (unpaired) electrons. The lowest BCUT2D eigenvalue weighted by Crippen LogP contribution is -2.59. The molecule has 2 atom stereocenters. The molecule has 0 aliphatic carbocycles. The van der Waals surface area contributed by atoms with Crippen LogP contribution in [0.15, 0.2) is 24.3 Å². The van der Waals surface area contributed by atoms with E-state index in [1.807, 2.05) is 0 Å². The number of hydrogen-bond donors (Lipinski definition) is 4. The Bertz CT molecular complexity index is 823. The molecule has 0 bridgehead atoms. The first-order valence-electron chi connectivity index (χ1n) is 8.26. The molecule has 0 fully saturated rings. The maximum atomic E-state index is 12.4. The quantitative estimate of drug-likeness (QED) is 0.288. The molecule has 1 aromatic rings. The first-order valence-corrected chi connectivity index (χ1v) is 8.80. The van der Waals surface area contributed by atoms with Gasteiger partial charge in [0.25, 0.3) is 5.91 Å². The van der Waals surface area contributed by atoms with Gasteiger partial charge in [-0.2, -0.15) is 0 Å². The zero-order valence-corrected chi connectivity index (χ0v) is 17.9. The second-order valence-electron chi connectivity index (χ2n) is 6.65. The predicted octanol–water partition coefficient (Wildman–Crippen LogP) is 0.434. The molecule has 0 saturated carbocycles. The van der Waals surface area contributed by atoms with Gasteiger partial charge in [-0.25, -0.2) is 4.79 Å². The van der Waals surface area contributed by atoms with Crippen LogP contribution in [0.3, 0.4) is 0 Å². The molecule has 9 heteroatoms. The fourth-order valence-electron chi connectivity index (χ4n) is 1.95. The summed E-state index contributed by atoms with van der Waals surface area (Å²) in [4.78, 5) is 24.2. The molecule has 0 heterocycles. The van der Waals surface area contributed by atoms with E-state index >= 15 is 0 Å². The van der Waals surface area contributed by atoms with Gasteiger partial charge in [0.05, 0.1) is 19.6 Å². The van der Waals surface area contributed by atoms with Crippen molar-refractivity contribution in [1.82, 2.24) is 5.32 Å². The van der Waals surface area contributed by atoms with E-state index in [9.17, 15) is 14.7 Å². The lowest BCUT2D eigenvalue weighted by atomic mass is 9.95. The molecular weight excluding hydrogens is 419 g/mol. The first-order chi connectivity index (χ1) is 13.1. The Morgan fingerprint density at radius 3 is 2.31 bits per heavy atom. The van der Waals surface area contributed by atoms with Gasteiger partial charge in [0, 0.05) is 16.7 Å². The molecule has 1 amide bonds. The third kappa shape index (κ3) is 8.33. The van der Waals surface area contributed by atoms with Crippen molar-refractivity contribution in [3.63, 3.8) is 0 Å². The van der Waals surface area contributed by atoms with Gasteiger partial charge < -0.3 is 26.0 Å². The molecule has 2 unspecified atom stereocenters. The van der Waals surface area contributed by atoms with Crippen molar-refractivity contribution in [1.29, 1.82) is 0 Å². The third-order valence-electron chi connectivity index (χ3n) is 3.65. The summed E-state index contributed by atoms with van der Waals surface area (Å²) in [5.74, 6) is 8.71. The third-order valence-corrected chi connectivity index (χ3v) is 4.09. The lowest BCUT2D eigenvalue weighted by molar-refractivity contribution is -0.144. The number of halogens is 2. The maximum Gasteiger partial charge on any atom is 0.330 e. The van der Waals surface area contributed by atoms with Crippen molar-refractivity contribution in [3.8, 4) is 23.7 Å². The number of amides is 1. The van der Waals surface area contributed by atoms with E-state index in [0.29, 0.717) is 11.1 Å². The number of esters is 1. The Kier molecular flexibility index (Phi) is 10.8. The van der Waals surface area contributed by atoms with E-state index in [-0.39, 0.29) is 18.3 Å². The topological polar surface area (TPSA) is 122 Å². The molecule has 1 rings (SSSR count). The summed E-state index contributed by atoms with van der Waals surface area (Å²) in [5.41, 5.74) is 4.13. The summed E-state index contributed by atoms with van der Waals surface area (Å²) >= 11 is 5.51. The second kappa shape index (κ2) is 11.7. The summed E-state index contributed by atoms with van der Waals surface area (Å²) in [6.07, 6.45) is 0. The van der Waals surface area contributed by atoms with Crippen LogP contribution < -0.4 is 11.1 Å². The van der Waals surface area contributed by atoms with E-state index in [4.69, 9.17) is 22.4 Å². The average molecular weight is 443 g/mol. The number of carbonyl (C=O) groups excluding carboxylic acids is 2. The van der Waals surface area contributed by atoms with Crippen LogP contribution in [0.5, 0.6) is 0 Å². The number of aliphatic hydroxyl groups is 2. The van der Waals surface area contributed by atoms with Gasteiger partial charge in [-0.1, -0.05) is 11.8 Å². The first kappa shape index (κ1) is 26.7. The molecule has 7 nitrogen and oxygen atoms in total. The van der Waals surface area contributed by atoms with Crippen LogP contribution >= 0.6 is 24.0 Å². The number of nitrogens with one attached hydrogen (secondary N) is 1. The Balaban J connectivity index is 0.00000784. The van der Waals surface area contributed by atoms with Crippen LogP contribution in [0.1, 0.15) is 29.8 Å². The molecule has 5 N–H and O–H groups in total. The SMILES string of the molecule is COC(=O)C(NC(=O)c1ccc(C#CC#CC(O)(CO)CCl)cc1)C(C)(C)N.Cl. The lowest BCUT2D eigenvalue weighted by Gasteiger charge is -2.28. The minimum atomic E-state index is -1.69. The highest BCUT2D eigenvalue weighted by Gasteiger charge is 2.34. The fourth-order valence-corrected chi connectivity index (χ4v) is 2.10. The monoisotopic (exact) mass is 442 g/mol. The van der Waals surface area contributed by atoms with Gasteiger partial charge in [-0.05, 0) is 50.0 Å². The predicted molar refractivity (Wildman–Crippen MR) is 113 cm³/mol. The zero-order chi connectivity index (χ0) is 21.4. The van der Waals surface area contributed by atoms with Gasteiger partial charge in [-0.3, -0.25) is 4.79 Å². The highest BCUT2D eigenvalue weighted by atomic mass is 35.5. The fraction of sp³-hybridized carbons (Fsp3) is 0.400. The maximum absolute atomic E-state index is 12.4. The van der Waals surface area contributed by atoms with E-state index in [0.717, 1.165) is 0 Å². The van der Waals surface area contributed by atoms with Gasteiger partial charge in [-0.15, -0.1) is 24.0 Å². The molecule has 0 saturated heterocycles. The number of alkyl halides is 1. The molecule has 0 spiro atoms. The summed E-state index contributed by atoms with van der Waals surface area (Å²) in [6, 6.07) is 5.27. The number of rotatable bonds is 6. The van der Waals surface area contributed by atoms with Gasteiger partial charge in [0.2, 0.25) is 0 Å². The smallest absolute Gasteiger partial charge is 0.330 e. The summed E-state index contributed by atoms with van der Waals surface area (Å²) in [7, 11) is 1.22. The molecule has 1 aromatic carbocycles. The molecule has 0 aliphatic rings. The van der Waals surface area contributed by atoms with Gasteiger partial charge in [0.1, 0.15) is 6.04 Å². The van der Waals surface area contributed by atoms with Crippen molar-refractivity contribution < 1.29 is 24.5 Å². The van der Waals surface area contributed by atoms with Crippen molar-refractivity contribution in [2.24, 2.45) is 5.73 Å². The highest BCUT2D eigenvalue weighted by molar-refractivity contribution is 6.18. The van der Waals surface area contributed by atoms with Crippen LogP contribution in [0.25, 0.3) is 0 Å². The number of hydrogen-bond acceptors (Lipinski definition) is 6. The Morgan fingerprint density at radius 2 is 1.86 bits per heavy atom. The Labute approximate surface area is 181 Å². The number of carbonyl (C=O) groups is 2. The normalized spacial score (nSPS) is 13.2. The van der Waals surface area contributed by atoms with Crippen molar-refractivity contribution in [2.45, 2.75) is 31.0 Å². The van der Waals surface area contributed by atoms with Crippen molar-refractivity contribution in [3.05, 3.63) is 35.4 Å². The largest absolute Gasteiger partial charge is 0.467 e. The highest BCUT2D eigenvalue weighted by Crippen LogP contribution is 2.10. The van der Waals surface area contributed by atoms with E-state index in [1.54, 1.807) is 26.0 Å². The molecule has 29 heavy (non-hydrogen) atoms. The van der Waals surface area contributed by atoms with E-state index < -0.39 is 35.7 Å². The van der Waals surface area contributed by atoms with Gasteiger partial charge >= 0.3 is 5.97 Å². The van der Waals surface area contributed by atoms with Crippen LogP contribution in [-0.2, 0) is 9.53 Å². The Hall–Kier alpha value is -2.26. The minimum Gasteiger partial charge on any atom is -0.467 e. The van der Waals surface area contributed by atoms with Crippen molar-refractivity contribution >= 4 is 35.9 Å². The number of aliphatic hydroxyl groups excluding tert-OH is 1. The summed E-state index contributed by atoms with van der Waals surface area (Å²) < 4.78 is 4.68. The molecular formula is C20H24Cl2N2O5. The number of benzene rings is 1. The van der Waals surface area contributed by atoms with Crippen LogP contribution in [0.2, 0.25) is 0 Å². The van der Waals surface area contributed by atoms with Crippen molar-refractivity contribution in [2.75, 3.05) is 19.6 Å². The number of nitrogens with two attached hydrogens (primary N) is 1.